The van der Waals surface area contributed by atoms with Gasteiger partial charge < -0.3 is 14.6 Å². The molecular formula is C18H20N4O3S2. The Morgan fingerprint density at radius 1 is 1.30 bits per heavy atom. The van der Waals surface area contributed by atoms with Crippen molar-refractivity contribution in [2.24, 2.45) is 7.05 Å². The molecule has 27 heavy (non-hydrogen) atoms. The van der Waals surface area contributed by atoms with Gasteiger partial charge in [-0.15, -0.1) is 0 Å². The van der Waals surface area contributed by atoms with Gasteiger partial charge in [-0.25, -0.2) is 18.1 Å². The maximum atomic E-state index is 12.1. The van der Waals surface area contributed by atoms with E-state index in [2.05, 4.69) is 15.0 Å². The fourth-order valence-corrected chi connectivity index (χ4v) is 3.85. The Bertz CT molecular complexity index is 1110. The summed E-state index contributed by atoms with van der Waals surface area (Å²) in [5.74, 6) is 0.574. The molecule has 2 aromatic carbocycles. The molecule has 142 valence electrons. The normalized spacial score (nSPS) is 11.5. The molecule has 7 nitrogen and oxygen atoms in total. The SMILES string of the molecule is CNS(=O)(=O)c1ccc(OC)c(CC(=S)Nc2cccc3c2ncn3C)c1. The number of rotatable bonds is 6. The highest BCUT2D eigenvalue weighted by molar-refractivity contribution is 7.89. The summed E-state index contributed by atoms with van der Waals surface area (Å²) in [5.41, 5.74) is 3.29. The second-order valence-electron chi connectivity index (χ2n) is 5.93. The van der Waals surface area contributed by atoms with E-state index in [1.54, 1.807) is 18.5 Å². The van der Waals surface area contributed by atoms with Crippen LogP contribution in [0.2, 0.25) is 0 Å². The minimum Gasteiger partial charge on any atom is -0.496 e. The molecule has 0 amide bonds. The van der Waals surface area contributed by atoms with Crippen molar-refractivity contribution in [3.63, 3.8) is 0 Å². The van der Waals surface area contributed by atoms with Gasteiger partial charge in [-0.05, 0) is 37.4 Å². The van der Waals surface area contributed by atoms with Crippen LogP contribution in [0.5, 0.6) is 5.75 Å². The van der Waals surface area contributed by atoms with Crippen LogP contribution in [0.15, 0.2) is 47.6 Å². The molecule has 3 rings (SSSR count). The summed E-state index contributed by atoms with van der Waals surface area (Å²) in [4.78, 5) is 5.09. The molecule has 0 saturated heterocycles. The van der Waals surface area contributed by atoms with E-state index in [1.807, 2.05) is 29.8 Å². The maximum Gasteiger partial charge on any atom is 0.240 e. The molecule has 1 heterocycles. The Morgan fingerprint density at radius 2 is 2.07 bits per heavy atom. The molecule has 0 spiro atoms. The number of nitrogens with zero attached hydrogens (tertiary/aromatic N) is 2. The van der Waals surface area contributed by atoms with Crippen LogP contribution in [0.3, 0.4) is 0 Å². The molecule has 0 aliphatic rings. The number of anilines is 1. The van der Waals surface area contributed by atoms with Gasteiger partial charge in [0.15, 0.2) is 0 Å². The predicted octanol–water partition coefficient (Wildman–Crippen LogP) is 2.47. The monoisotopic (exact) mass is 404 g/mol. The predicted molar refractivity (Wildman–Crippen MR) is 110 cm³/mol. The summed E-state index contributed by atoms with van der Waals surface area (Å²) in [5, 5.41) is 3.21. The van der Waals surface area contributed by atoms with Gasteiger partial charge in [-0.2, -0.15) is 0 Å². The number of aromatic nitrogens is 2. The number of sulfonamides is 1. The summed E-state index contributed by atoms with van der Waals surface area (Å²) >= 11 is 5.49. The second-order valence-corrected chi connectivity index (χ2v) is 8.31. The molecule has 3 aromatic rings. The van der Waals surface area contributed by atoms with E-state index in [0.717, 1.165) is 16.7 Å². The third-order valence-corrected chi connectivity index (χ3v) is 5.87. The Hall–Kier alpha value is -2.49. The fraction of sp³-hybridized carbons (Fsp3) is 0.222. The van der Waals surface area contributed by atoms with Gasteiger partial charge in [-0.1, -0.05) is 18.3 Å². The number of fused-ring (bicyclic) bond motifs is 1. The molecular weight excluding hydrogens is 384 g/mol. The third kappa shape index (κ3) is 3.95. The van der Waals surface area contributed by atoms with Crippen molar-refractivity contribution >= 4 is 44.0 Å². The maximum absolute atomic E-state index is 12.1. The van der Waals surface area contributed by atoms with Crippen LogP contribution >= 0.6 is 12.2 Å². The van der Waals surface area contributed by atoms with Crippen molar-refractivity contribution in [2.75, 3.05) is 19.5 Å². The van der Waals surface area contributed by atoms with Gasteiger partial charge in [0.25, 0.3) is 0 Å². The zero-order valence-corrected chi connectivity index (χ0v) is 16.8. The first-order valence-corrected chi connectivity index (χ1v) is 10.0. The highest BCUT2D eigenvalue weighted by Gasteiger charge is 2.16. The number of methoxy groups -OCH3 is 1. The van der Waals surface area contributed by atoms with Crippen LogP contribution in [0, 0.1) is 0 Å². The molecule has 9 heteroatoms. The molecule has 0 atom stereocenters. The van der Waals surface area contributed by atoms with E-state index in [-0.39, 0.29) is 4.90 Å². The lowest BCUT2D eigenvalue weighted by molar-refractivity contribution is 0.410. The van der Waals surface area contributed by atoms with Crippen LogP contribution in [0.25, 0.3) is 11.0 Å². The van der Waals surface area contributed by atoms with Crippen molar-refractivity contribution < 1.29 is 13.2 Å². The zero-order valence-electron chi connectivity index (χ0n) is 15.2. The Kier molecular flexibility index (Phi) is 5.45. The summed E-state index contributed by atoms with van der Waals surface area (Å²) < 4.78 is 33.7. The van der Waals surface area contributed by atoms with E-state index in [0.29, 0.717) is 22.7 Å². The number of aryl methyl sites for hydroxylation is 1. The minimum absolute atomic E-state index is 0.162. The van der Waals surface area contributed by atoms with Crippen LogP contribution < -0.4 is 14.8 Å². The van der Waals surface area contributed by atoms with Crippen LogP contribution in [0.1, 0.15) is 5.56 Å². The molecule has 1 aromatic heterocycles. The van der Waals surface area contributed by atoms with E-state index in [9.17, 15) is 8.42 Å². The average Bonchev–Trinajstić information content (AvgIpc) is 3.04. The Morgan fingerprint density at radius 3 is 2.78 bits per heavy atom. The number of hydrogen-bond donors (Lipinski definition) is 2. The minimum atomic E-state index is -3.55. The van der Waals surface area contributed by atoms with Crippen molar-refractivity contribution in [2.45, 2.75) is 11.3 Å². The zero-order chi connectivity index (χ0) is 19.6. The Balaban J connectivity index is 1.88. The third-order valence-electron chi connectivity index (χ3n) is 4.21. The number of para-hydroxylation sites is 1. The van der Waals surface area contributed by atoms with Gasteiger partial charge in [0, 0.05) is 19.0 Å². The highest BCUT2D eigenvalue weighted by atomic mass is 32.2. The van der Waals surface area contributed by atoms with Crippen LogP contribution in [0.4, 0.5) is 5.69 Å². The standard InChI is InChI=1S/C18H20N4O3S2/c1-19-27(23,24)13-7-8-16(25-3)12(9-13)10-17(26)21-14-5-4-6-15-18(14)20-11-22(15)2/h4-9,11,19H,10H2,1-3H3,(H,21,26). The second kappa shape index (κ2) is 7.63. The van der Waals surface area contributed by atoms with Gasteiger partial charge in [0.2, 0.25) is 10.0 Å². The van der Waals surface area contributed by atoms with Gasteiger partial charge >= 0.3 is 0 Å². The van der Waals surface area contributed by atoms with Gasteiger partial charge in [-0.3, -0.25) is 0 Å². The van der Waals surface area contributed by atoms with E-state index >= 15 is 0 Å². The largest absolute Gasteiger partial charge is 0.496 e. The Labute approximate surface area is 163 Å². The molecule has 0 fully saturated rings. The van der Waals surface area contributed by atoms with E-state index in [4.69, 9.17) is 17.0 Å². The van der Waals surface area contributed by atoms with Crippen molar-refractivity contribution in [3.8, 4) is 5.75 Å². The average molecular weight is 405 g/mol. The van der Waals surface area contributed by atoms with Crippen molar-refractivity contribution in [1.82, 2.24) is 14.3 Å². The summed E-state index contributed by atoms with van der Waals surface area (Å²) in [6.07, 6.45) is 2.07. The lowest BCUT2D eigenvalue weighted by Crippen LogP contribution is -2.19. The van der Waals surface area contributed by atoms with E-state index in [1.165, 1.54) is 20.2 Å². The van der Waals surface area contributed by atoms with Gasteiger partial charge in [0.05, 0.1) is 34.5 Å². The van der Waals surface area contributed by atoms with Crippen LogP contribution in [-0.2, 0) is 23.5 Å². The molecule has 0 bridgehead atoms. The molecule has 0 aliphatic heterocycles. The summed E-state index contributed by atoms with van der Waals surface area (Å²) in [7, 11) is 1.29. The highest BCUT2D eigenvalue weighted by Crippen LogP contribution is 2.25. The van der Waals surface area contributed by atoms with Crippen molar-refractivity contribution in [3.05, 3.63) is 48.3 Å². The quantitative estimate of drug-likeness (QED) is 0.614. The fourth-order valence-electron chi connectivity index (χ4n) is 2.80. The number of benzene rings is 2. The number of hydrogen-bond acceptors (Lipinski definition) is 5. The first-order chi connectivity index (χ1) is 12.9. The lowest BCUT2D eigenvalue weighted by atomic mass is 10.1. The molecule has 0 aliphatic carbocycles. The molecule has 2 N–H and O–H groups in total. The van der Waals surface area contributed by atoms with Gasteiger partial charge in [0.1, 0.15) is 11.3 Å². The van der Waals surface area contributed by atoms with Crippen LogP contribution in [-0.4, -0.2) is 37.1 Å². The number of imidazole rings is 1. The first-order valence-electron chi connectivity index (χ1n) is 8.16. The topological polar surface area (TPSA) is 85.2 Å². The summed E-state index contributed by atoms with van der Waals surface area (Å²) in [6.45, 7) is 0. The van der Waals surface area contributed by atoms with Crippen molar-refractivity contribution in [1.29, 1.82) is 0 Å². The van der Waals surface area contributed by atoms with E-state index < -0.39 is 10.0 Å². The first kappa shape index (κ1) is 19.3. The summed E-state index contributed by atoms with van der Waals surface area (Å²) in [6, 6.07) is 10.5. The lowest BCUT2D eigenvalue weighted by Gasteiger charge is -2.13. The molecule has 0 saturated carbocycles. The molecule has 0 unspecified atom stereocenters. The smallest absolute Gasteiger partial charge is 0.240 e. The molecule has 0 radical (unpaired) electrons. The number of nitrogens with one attached hydrogen (secondary N) is 2. The number of thiocarbonyl (C=S) groups is 1. The number of ether oxygens (including phenoxy) is 1.